The van der Waals surface area contributed by atoms with E-state index in [0.717, 1.165) is 22.5 Å². The lowest BCUT2D eigenvalue weighted by Gasteiger charge is -2.01. The Morgan fingerprint density at radius 2 is 2.22 bits per heavy atom. The number of nitrogens with zero attached hydrogens (tertiary/aromatic N) is 4. The summed E-state index contributed by atoms with van der Waals surface area (Å²) in [4.78, 5) is 4.31. The van der Waals surface area contributed by atoms with Gasteiger partial charge in [0.1, 0.15) is 0 Å². The van der Waals surface area contributed by atoms with Crippen molar-refractivity contribution in [2.75, 3.05) is 5.73 Å². The van der Waals surface area contributed by atoms with Crippen molar-refractivity contribution in [3.63, 3.8) is 0 Å². The molecule has 0 unspecified atom stereocenters. The summed E-state index contributed by atoms with van der Waals surface area (Å²) in [6, 6.07) is 5.69. The van der Waals surface area contributed by atoms with E-state index in [4.69, 9.17) is 5.73 Å². The average molecular weight is 240 g/mol. The molecule has 0 aromatic carbocycles. The second-order valence-corrected chi connectivity index (χ2v) is 3.98. The van der Waals surface area contributed by atoms with Gasteiger partial charge in [0, 0.05) is 25.0 Å². The van der Waals surface area contributed by atoms with Crippen LogP contribution in [-0.4, -0.2) is 25.0 Å². The highest BCUT2D eigenvalue weighted by Gasteiger charge is 2.16. The third-order valence-corrected chi connectivity index (χ3v) is 2.71. The number of aryl methyl sites for hydroxylation is 1. The average Bonchev–Trinajstić information content (AvgIpc) is 2.96. The Hall–Kier alpha value is -2.63. The van der Waals surface area contributed by atoms with Crippen LogP contribution in [0.4, 0.5) is 5.82 Å². The molecule has 18 heavy (non-hydrogen) atoms. The van der Waals surface area contributed by atoms with E-state index in [2.05, 4.69) is 20.3 Å². The Morgan fingerprint density at radius 3 is 2.89 bits per heavy atom. The van der Waals surface area contributed by atoms with Gasteiger partial charge in [0.05, 0.1) is 23.1 Å². The number of nitrogen functional groups attached to an aromatic ring is 1. The quantitative estimate of drug-likeness (QED) is 0.710. The minimum absolute atomic E-state index is 0.438. The van der Waals surface area contributed by atoms with Gasteiger partial charge in [0.15, 0.2) is 5.82 Å². The molecule has 0 aliphatic carbocycles. The van der Waals surface area contributed by atoms with Crippen LogP contribution >= 0.6 is 0 Å². The molecule has 0 aliphatic rings. The summed E-state index contributed by atoms with van der Waals surface area (Å²) in [5.74, 6) is 0.438. The van der Waals surface area contributed by atoms with E-state index in [1.807, 2.05) is 31.4 Å². The molecule has 0 amide bonds. The topological polar surface area (TPSA) is 85.4 Å². The van der Waals surface area contributed by atoms with Crippen molar-refractivity contribution in [1.82, 2.24) is 25.0 Å². The first kappa shape index (κ1) is 10.5. The minimum Gasteiger partial charge on any atom is -0.382 e. The predicted molar refractivity (Wildman–Crippen MR) is 68.4 cm³/mol. The van der Waals surface area contributed by atoms with Gasteiger partial charge in [-0.05, 0) is 12.1 Å². The maximum atomic E-state index is 5.91. The number of nitrogens with two attached hydrogens (primary N) is 1. The van der Waals surface area contributed by atoms with Crippen LogP contribution in [0, 0.1) is 0 Å². The number of pyridine rings is 1. The van der Waals surface area contributed by atoms with Crippen molar-refractivity contribution in [1.29, 1.82) is 0 Å². The van der Waals surface area contributed by atoms with Crippen LogP contribution in [0.3, 0.4) is 0 Å². The van der Waals surface area contributed by atoms with E-state index in [-0.39, 0.29) is 0 Å². The molecule has 6 heteroatoms. The standard InChI is InChI=1S/C12H12N6/c1-18-7-8(6-15-18)11-10(12(13)17-16-11)9-4-2-3-5-14-9/h2-7H,1H3,(H3,13,16,17). The molecule has 0 bridgehead atoms. The van der Waals surface area contributed by atoms with Gasteiger partial charge < -0.3 is 5.73 Å². The Balaban J connectivity index is 2.18. The summed E-state index contributed by atoms with van der Waals surface area (Å²) in [6.45, 7) is 0. The van der Waals surface area contributed by atoms with Gasteiger partial charge in [0.25, 0.3) is 0 Å². The first-order valence-corrected chi connectivity index (χ1v) is 5.50. The summed E-state index contributed by atoms with van der Waals surface area (Å²) in [7, 11) is 1.86. The van der Waals surface area contributed by atoms with Crippen molar-refractivity contribution in [3.05, 3.63) is 36.8 Å². The number of nitrogens with one attached hydrogen (secondary N) is 1. The van der Waals surface area contributed by atoms with Gasteiger partial charge in [-0.2, -0.15) is 10.2 Å². The molecule has 0 spiro atoms. The van der Waals surface area contributed by atoms with Gasteiger partial charge in [0.2, 0.25) is 0 Å². The first-order chi connectivity index (χ1) is 8.75. The summed E-state index contributed by atoms with van der Waals surface area (Å²) in [5, 5.41) is 11.1. The lowest BCUT2D eigenvalue weighted by molar-refractivity contribution is 0.768. The van der Waals surface area contributed by atoms with Crippen LogP contribution in [0.2, 0.25) is 0 Å². The molecule has 3 aromatic heterocycles. The van der Waals surface area contributed by atoms with Gasteiger partial charge in [-0.25, -0.2) is 0 Å². The highest BCUT2D eigenvalue weighted by atomic mass is 15.2. The lowest BCUT2D eigenvalue weighted by atomic mass is 10.1. The van der Waals surface area contributed by atoms with E-state index >= 15 is 0 Å². The fourth-order valence-electron chi connectivity index (χ4n) is 1.89. The van der Waals surface area contributed by atoms with Crippen molar-refractivity contribution < 1.29 is 0 Å². The Kier molecular flexibility index (Phi) is 2.33. The molecular weight excluding hydrogens is 228 g/mol. The van der Waals surface area contributed by atoms with E-state index in [0.29, 0.717) is 5.82 Å². The number of hydrogen-bond acceptors (Lipinski definition) is 4. The van der Waals surface area contributed by atoms with Crippen molar-refractivity contribution >= 4 is 5.82 Å². The molecule has 0 fully saturated rings. The number of hydrogen-bond donors (Lipinski definition) is 2. The van der Waals surface area contributed by atoms with Crippen LogP contribution in [-0.2, 0) is 7.05 Å². The predicted octanol–water partition coefficient (Wildman–Crippen LogP) is 1.45. The third kappa shape index (κ3) is 1.64. The van der Waals surface area contributed by atoms with E-state index in [1.54, 1.807) is 17.1 Å². The number of H-pyrrole nitrogens is 1. The van der Waals surface area contributed by atoms with Crippen molar-refractivity contribution in [2.45, 2.75) is 0 Å². The largest absolute Gasteiger partial charge is 0.382 e. The van der Waals surface area contributed by atoms with Crippen LogP contribution in [0.5, 0.6) is 0 Å². The smallest absolute Gasteiger partial charge is 0.155 e. The lowest BCUT2D eigenvalue weighted by Crippen LogP contribution is -1.90. The summed E-state index contributed by atoms with van der Waals surface area (Å²) in [6.07, 6.45) is 5.40. The van der Waals surface area contributed by atoms with Crippen LogP contribution in [0.1, 0.15) is 0 Å². The molecular formula is C12H12N6. The Morgan fingerprint density at radius 1 is 1.33 bits per heavy atom. The normalized spacial score (nSPS) is 10.7. The third-order valence-electron chi connectivity index (χ3n) is 2.71. The molecule has 0 aliphatic heterocycles. The zero-order valence-corrected chi connectivity index (χ0v) is 9.83. The second kappa shape index (κ2) is 3.99. The molecule has 0 radical (unpaired) electrons. The summed E-state index contributed by atoms with van der Waals surface area (Å²) in [5.41, 5.74) is 9.28. The van der Waals surface area contributed by atoms with Crippen molar-refractivity contribution in [3.8, 4) is 22.5 Å². The van der Waals surface area contributed by atoms with E-state index < -0.39 is 0 Å². The Labute approximate surface area is 103 Å². The fraction of sp³-hybridized carbons (Fsp3) is 0.0833. The molecule has 0 saturated heterocycles. The van der Waals surface area contributed by atoms with Crippen molar-refractivity contribution in [2.24, 2.45) is 7.05 Å². The van der Waals surface area contributed by atoms with Gasteiger partial charge >= 0.3 is 0 Å². The summed E-state index contributed by atoms with van der Waals surface area (Å²) >= 11 is 0. The maximum absolute atomic E-state index is 5.91. The molecule has 3 aromatic rings. The number of anilines is 1. The maximum Gasteiger partial charge on any atom is 0.155 e. The van der Waals surface area contributed by atoms with E-state index in [9.17, 15) is 0 Å². The number of aromatic amines is 1. The molecule has 3 heterocycles. The zero-order valence-electron chi connectivity index (χ0n) is 9.83. The zero-order chi connectivity index (χ0) is 12.5. The van der Waals surface area contributed by atoms with Crippen LogP contribution in [0.25, 0.3) is 22.5 Å². The van der Waals surface area contributed by atoms with Gasteiger partial charge in [-0.3, -0.25) is 14.8 Å². The number of rotatable bonds is 2. The van der Waals surface area contributed by atoms with Crippen LogP contribution < -0.4 is 5.73 Å². The molecule has 6 nitrogen and oxygen atoms in total. The Bertz CT molecular complexity index is 667. The van der Waals surface area contributed by atoms with Crippen LogP contribution in [0.15, 0.2) is 36.8 Å². The fourth-order valence-corrected chi connectivity index (χ4v) is 1.89. The SMILES string of the molecule is Cn1cc(-c2[nH]nc(N)c2-c2ccccn2)cn1. The number of aromatic nitrogens is 5. The van der Waals surface area contributed by atoms with Gasteiger partial charge in [-0.15, -0.1) is 0 Å². The highest BCUT2D eigenvalue weighted by molar-refractivity contribution is 5.85. The van der Waals surface area contributed by atoms with Gasteiger partial charge in [-0.1, -0.05) is 6.07 Å². The first-order valence-electron chi connectivity index (χ1n) is 5.50. The molecule has 0 atom stereocenters. The minimum atomic E-state index is 0.438. The monoisotopic (exact) mass is 240 g/mol. The molecule has 0 saturated carbocycles. The molecule has 90 valence electrons. The van der Waals surface area contributed by atoms with E-state index in [1.165, 1.54) is 0 Å². The highest BCUT2D eigenvalue weighted by Crippen LogP contribution is 2.32. The molecule has 3 rings (SSSR count). The second-order valence-electron chi connectivity index (χ2n) is 3.98. The summed E-state index contributed by atoms with van der Waals surface area (Å²) < 4.78 is 1.73. The molecule has 3 N–H and O–H groups in total.